The van der Waals surface area contributed by atoms with Gasteiger partial charge in [0, 0.05) is 18.9 Å². The third-order valence-electron chi connectivity index (χ3n) is 3.11. The highest BCUT2D eigenvalue weighted by Gasteiger charge is 2.44. The van der Waals surface area contributed by atoms with E-state index in [1.807, 2.05) is 4.98 Å². The Morgan fingerprint density at radius 2 is 1.96 bits per heavy atom. The average Bonchev–Trinajstić information content (AvgIpc) is 2.71. The second-order valence-electron chi connectivity index (χ2n) is 5.16. The molecule has 1 aliphatic heterocycles. The van der Waals surface area contributed by atoms with E-state index in [1.165, 1.54) is 0 Å². The zero-order valence-corrected chi connectivity index (χ0v) is 14.4. The third kappa shape index (κ3) is 5.17. The Morgan fingerprint density at radius 1 is 1.32 bits per heavy atom. The minimum Gasteiger partial charge on any atom is -0.778 e. The molecule has 0 amide bonds. The minimum absolute atomic E-state index is 0.518. The molecule has 13 nitrogen and oxygen atoms in total. The first kappa shape index (κ1) is 20.2. The molecular formula is C10H14N2O11P2-2. The summed E-state index contributed by atoms with van der Waals surface area (Å²) in [6.45, 7) is -0.363. The van der Waals surface area contributed by atoms with Crippen LogP contribution < -0.4 is 21.0 Å². The topological polar surface area (TPSA) is 203 Å². The molecule has 0 aliphatic carbocycles. The minimum atomic E-state index is -5.23. The van der Waals surface area contributed by atoms with Crippen molar-refractivity contribution in [1.29, 1.82) is 0 Å². The Kier molecular flexibility index (Phi) is 5.84. The van der Waals surface area contributed by atoms with E-state index in [4.69, 9.17) is 4.74 Å². The lowest BCUT2D eigenvalue weighted by atomic mass is 10.1. The Hall–Kier alpha value is -1.14. The maximum atomic E-state index is 11.7. The van der Waals surface area contributed by atoms with Crippen molar-refractivity contribution < 1.29 is 42.7 Å². The Morgan fingerprint density at radius 3 is 2.52 bits per heavy atom. The predicted octanol–water partition coefficient (Wildman–Crippen LogP) is -3.16. The number of nitrogens with zero attached hydrogens (tertiary/aromatic N) is 1. The lowest BCUT2D eigenvalue weighted by Gasteiger charge is -2.29. The molecule has 1 aliphatic rings. The number of aliphatic hydroxyl groups excluding tert-OH is 2. The number of aromatic amines is 1. The molecule has 25 heavy (non-hydrogen) atoms. The van der Waals surface area contributed by atoms with Crippen LogP contribution in [-0.4, -0.2) is 51.3 Å². The normalized spacial score (nSPS) is 31.4. The van der Waals surface area contributed by atoms with E-state index in [9.17, 15) is 38.7 Å². The van der Waals surface area contributed by atoms with E-state index in [1.54, 1.807) is 0 Å². The van der Waals surface area contributed by atoms with Gasteiger partial charge in [-0.25, -0.2) is 4.79 Å². The number of hydrogen-bond donors (Lipinski definition) is 3. The fourth-order valence-corrected chi connectivity index (χ4v) is 4.07. The molecule has 1 fully saturated rings. The smallest absolute Gasteiger partial charge is 0.330 e. The molecule has 0 saturated carbocycles. The van der Waals surface area contributed by atoms with Crippen molar-refractivity contribution in [1.82, 2.24) is 9.55 Å². The first-order chi connectivity index (χ1) is 11.4. The van der Waals surface area contributed by atoms with Gasteiger partial charge in [-0.2, -0.15) is 0 Å². The molecule has 2 unspecified atom stereocenters. The van der Waals surface area contributed by atoms with Crippen LogP contribution in [0.4, 0.5) is 0 Å². The number of rotatable bonds is 6. The van der Waals surface area contributed by atoms with E-state index in [2.05, 4.69) is 8.83 Å². The molecule has 142 valence electrons. The van der Waals surface area contributed by atoms with Gasteiger partial charge in [0.1, 0.15) is 25.9 Å². The van der Waals surface area contributed by atoms with Crippen molar-refractivity contribution in [2.75, 3.05) is 13.3 Å². The molecule has 2 rings (SSSR count). The Balaban J connectivity index is 2.09. The van der Waals surface area contributed by atoms with Crippen LogP contribution in [0.2, 0.25) is 0 Å². The summed E-state index contributed by atoms with van der Waals surface area (Å²) >= 11 is 0. The number of aromatic nitrogens is 2. The van der Waals surface area contributed by atoms with Crippen molar-refractivity contribution in [3.8, 4) is 0 Å². The highest BCUT2D eigenvalue weighted by Crippen LogP contribution is 2.53. The van der Waals surface area contributed by atoms with E-state index in [0.717, 1.165) is 16.8 Å². The summed E-state index contributed by atoms with van der Waals surface area (Å²) in [7, 11) is -9.86. The SMILES string of the molecule is CP(=O)([O-])OP(=O)([O-])OC[C@H]1O[C@@H](n2ccc(=O)[nH]c2=O)[C@H](O)[C@@H]1O. The first-order valence-corrected chi connectivity index (χ1v) is 10.1. The monoisotopic (exact) mass is 400 g/mol. The van der Waals surface area contributed by atoms with Crippen molar-refractivity contribution in [3.63, 3.8) is 0 Å². The lowest BCUT2D eigenvalue weighted by molar-refractivity contribution is -0.233. The summed E-state index contributed by atoms with van der Waals surface area (Å²) in [5.41, 5.74) is -1.62. The number of phosphoric acid groups is 1. The molecule has 1 saturated heterocycles. The van der Waals surface area contributed by atoms with Crippen molar-refractivity contribution >= 4 is 15.4 Å². The van der Waals surface area contributed by atoms with Gasteiger partial charge in [0.25, 0.3) is 13.4 Å². The summed E-state index contributed by atoms with van der Waals surface area (Å²) in [6, 6.07) is 0.973. The van der Waals surface area contributed by atoms with Gasteiger partial charge in [-0.1, -0.05) is 0 Å². The van der Waals surface area contributed by atoms with Crippen molar-refractivity contribution in [2.45, 2.75) is 24.5 Å². The molecule has 0 aromatic carbocycles. The van der Waals surface area contributed by atoms with Crippen LogP contribution in [0, 0.1) is 0 Å². The zero-order chi connectivity index (χ0) is 19.0. The first-order valence-electron chi connectivity index (χ1n) is 6.68. The van der Waals surface area contributed by atoms with Crippen LogP contribution >= 0.6 is 15.4 Å². The summed E-state index contributed by atoms with van der Waals surface area (Å²) < 4.78 is 36.2. The molecule has 0 spiro atoms. The van der Waals surface area contributed by atoms with Gasteiger partial charge < -0.3 is 33.8 Å². The van der Waals surface area contributed by atoms with Gasteiger partial charge in [-0.05, 0) is 0 Å². The maximum absolute atomic E-state index is 11.7. The standard InChI is InChI=1S/C10H16N2O11P2/c1-24(17,18)23-25(19,20)21-4-5-7(14)8(15)9(22-5)12-3-2-6(13)11-10(12)16/h2-3,5,7-9,14-15H,4H2,1H3,(H,17,18)(H,19,20)(H,11,13,16)/p-2/t5-,7-,8-,9-/m1/s1. The number of phosphoric ester groups is 1. The van der Waals surface area contributed by atoms with E-state index in [0.29, 0.717) is 6.66 Å². The zero-order valence-electron chi connectivity index (χ0n) is 12.6. The highest BCUT2D eigenvalue weighted by molar-refractivity contribution is 7.62. The predicted molar refractivity (Wildman–Crippen MR) is 75.4 cm³/mol. The van der Waals surface area contributed by atoms with E-state index >= 15 is 0 Å². The van der Waals surface area contributed by atoms with Crippen molar-refractivity contribution in [2.24, 2.45) is 0 Å². The summed E-state index contributed by atoms with van der Waals surface area (Å²) in [6.07, 6.45) is -5.16. The molecule has 1 aromatic rings. The summed E-state index contributed by atoms with van der Waals surface area (Å²) in [5, 5.41) is 19.8. The molecule has 6 atom stereocenters. The van der Waals surface area contributed by atoms with Gasteiger partial charge in [0.2, 0.25) is 0 Å². The number of H-pyrrole nitrogens is 1. The van der Waals surface area contributed by atoms with E-state index in [-0.39, 0.29) is 0 Å². The maximum Gasteiger partial charge on any atom is 0.330 e. The molecule has 2 heterocycles. The van der Waals surface area contributed by atoms with Gasteiger partial charge >= 0.3 is 5.69 Å². The quantitative estimate of drug-likeness (QED) is 0.407. The van der Waals surface area contributed by atoms with Crippen LogP contribution in [0.1, 0.15) is 6.23 Å². The van der Waals surface area contributed by atoms with Gasteiger partial charge in [-0.3, -0.25) is 23.2 Å². The second kappa shape index (κ2) is 7.23. The highest BCUT2D eigenvalue weighted by atomic mass is 31.3. The van der Waals surface area contributed by atoms with Crippen molar-refractivity contribution in [3.05, 3.63) is 33.1 Å². The van der Waals surface area contributed by atoms with Crippen LogP contribution in [0.15, 0.2) is 21.9 Å². The lowest BCUT2D eigenvalue weighted by Crippen LogP contribution is -2.37. The Labute approximate surface area is 139 Å². The molecule has 3 N–H and O–H groups in total. The summed E-state index contributed by atoms with van der Waals surface area (Å²) in [4.78, 5) is 46.8. The number of nitrogens with one attached hydrogen (secondary N) is 1. The van der Waals surface area contributed by atoms with Crippen LogP contribution in [0.5, 0.6) is 0 Å². The van der Waals surface area contributed by atoms with Crippen LogP contribution in [0.25, 0.3) is 0 Å². The largest absolute Gasteiger partial charge is 0.778 e. The van der Waals surface area contributed by atoms with Crippen LogP contribution in [-0.2, 0) is 22.7 Å². The number of aliphatic hydroxyl groups is 2. The second-order valence-corrected chi connectivity index (χ2v) is 8.51. The molecular weight excluding hydrogens is 386 g/mol. The van der Waals surface area contributed by atoms with Gasteiger partial charge in [0.15, 0.2) is 6.23 Å². The fourth-order valence-electron chi connectivity index (χ4n) is 2.09. The average molecular weight is 400 g/mol. The summed E-state index contributed by atoms with van der Waals surface area (Å²) in [5.74, 6) is 0. The van der Waals surface area contributed by atoms with Gasteiger partial charge in [-0.15, -0.1) is 0 Å². The molecule has 1 aromatic heterocycles. The third-order valence-corrected chi connectivity index (χ3v) is 5.56. The van der Waals surface area contributed by atoms with Gasteiger partial charge in [0.05, 0.1) is 6.61 Å². The number of hydrogen-bond acceptors (Lipinski definition) is 11. The molecule has 0 bridgehead atoms. The molecule has 0 radical (unpaired) electrons. The van der Waals surface area contributed by atoms with Crippen LogP contribution in [0.3, 0.4) is 0 Å². The number of ether oxygens (including phenoxy) is 1. The Bertz CT molecular complexity index is 829. The fraction of sp³-hybridized carbons (Fsp3) is 0.600. The molecule has 15 heteroatoms. The van der Waals surface area contributed by atoms with E-state index < -0.39 is 57.8 Å².